The van der Waals surface area contributed by atoms with Crippen LogP contribution in [0.4, 0.5) is 17.6 Å². The SMILES string of the molecule is O=C(CC(F)(F)F)c1ccc(F)cc1. The highest BCUT2D eigenvalue weighted by molar-refractivity contribution is 5.96. The number of carbonyl (C=O) groups excluding carboxylic acids is 1. The van der Waals surface area contributed by atoms with Crippen LogP contribution in [0.1, 0.15) is 16.8 Å². The fourth-order valence-electron chi connectivity index (χ4n) is 0.920. The number of alkyl halides is 3. The van der Waals surface area contributed by atoms with Crippen LogP contribution in [0.25, 0.3) is 0 Å². The Hall–Kier alpha value is -1.39. The molecule has 1 rings (SSSR count). The molecule has 0 heterocycles. The topological polar surface area (TPSA) is 17.1 Å². The molecule has 0 aliphatic heterocycles. The van der Waals surface area contributed by atoms with Gasteiger partial charge in [-0.1, -0.05) is 0 Å². The number of rotatable bonds is 2. The lowest BCUT2D eigenvalue weighted by Gasteiger charge is -2.04. The minimum absolute atomic E-state index is 0.135. The van der Waals surface area contributed by atoms with Gasteiger partial charge in [0.25, 0.3) is 0 Å². The third-order valence-electron chi connectivity index (χ3n) is 1.53. The number of carbonyl (C=O) groups is 1. The number of benzene rings is 1. The summed E-state index contributed by atoms with van der Waals surface area (Å²) in [5.74, 6) is -1.65. The zero-order chi connectivity index (χ0) is 10.8. The van der Waals surface area contributed by atoms with E-state index in [2.05, 4.69) is 0 Å². The number of hydrogen-bond acceptors (Lipinski definition) is 1. The Bertz CT molecular complexity index is 326. The van der Waals surface area contributed by atoms with Crippen molar-refractivity contribution in [2.75, 3.05) is 0 Å². The van der Waals surface area contributed by atoms with Crippen LogP contribution < -0.4 is 0 Å². The molecule has 0 spiro atoms. The molecule has 76 valence electrons. The number of halogens is 4. The van der Waals surface area contributed by atoms with Gasteiger partial charge in [-0.05, 0) is 24.3 Å². The average Bonchev–Trinajstić information content (AvgIpc) is 2.02. The molecule has 0 saturated carbocycles. The molecule has 14 heavy (non-hydrogen) atoms. The standard InChI is InChI=1S/C9H6F4O/c10-7-3-1-6(2-4-7)8(14)5-9(11,12)13/h1-4H,5H2. The summed E-state index contributed by atoms with van der Waals surface area (Å²) in [4.78, 5) is 10.9. The summed E-state index contributed by atoms with van der Waals surface area (Å²) in [6.07, 6.45) is -6.04. The second kappa shape index (κ2) is 3.77. The molecular weight excluding hydrogens is 200 g/mol. The Labute approximate surface area is 77.3 Å². The van der Waals surface area contributed by atoms with E-state index >= 15 is 0 Å². The first-order valence-corrected chi connectivity index (χ1v) is 3.74. The Balaban J connectivity index is 2.76. The first-order chi connectivity index (χ1) is 6.38. The van der Waals surface area contributed by atoms with Crippen molar-refractivity contribution in [3.05, 3.63) is 35.6 Å². The van der Waals surface area contributed by atoms with Gasteiger partial charge in [0.15, 0.2) is 5.78 Å². The lowest BCUT2D eigenvalue weighted by atomic mass is 10.1. The Morgan fingerprint density at radius 1 is 1.14 bits per heavy atom. The molecule has 0 aromatic heterocycles. The van der Waals surface area contributed by atoms with Crippen molar-refractivity contribution in [1.82, 2.24) is 0 Å². The third kappa shape index (κ3) is 3.16. The molecule has 0 fully saturated rings. The van der Waals surface area contributed by atoms with Crippen molar-refractivity contribution >= 4 is 5.78 Å². The second-order valence-electron chi connectivity index (χ2n) is 2.72. The summed E-state index contributed by atoms with van der Waals surface area (Å²) in [7, 11) is 0. The van der Waals surface area contributed by atoms with Gasteiger partial charge in [0, 0.05) is 5.56 Å². The average molecular weight is 206 g/mol. The molecule has 0 bridgehead atoms. The van der Waals surface area contributed by atoms with Gasteiger partial charge in [-0.3, -0.25) is 4.79 Å². The molecule has 0 amide bonds. The first kappa shape index (κ1) is 10.7. The zero-order valence-corrected chi connectivity index (χ0v) is 6.94. The van der Waals surface area contributed by atoms with E-state index in [1.807, 2.05) is 0 Å². The van der Waals surface area contributed by atoms with Gasteiger partial charge in [-0.15, -0.1) is 0 Å². The van der Waals surface area contributed by atoms with E-state index in [1.165, 1.54) is 0 Å². The van der Waals surface area contributed by atoms with E-state index in [-0.39, 0.29) is 5.56 Å². The molecule has 1 nitrogen and oxygen atoms in total. The number of hydrogen-bond donors (Lipinski definition) is 0. The smallest absolute Gasteiger partial charge is 0.294 e. The third-order valence-corrected chi connectivity index (χ3v) is 1.53. The van der Waals surface area contributed by atoms with Crippen LogP contribution in [0.15, 0.2) is 24.3 Å². The van der Waals surface area contributed by atoms with Gasteiger partial charge >= 0.3 is 6.18 Å². The molecule has 0 radical (unpaired) electrons. The molecular formula is C9H6F4O. The Morgan fingerprint density at radius 3 is 2.07 bits per heavy atom. The van der Waals surface area contributed by atoms with Crippen molar-refractivity contribution < 1.29 is 22.4 Å². The van der Waals surface area contributed by atoms with E-state index in [4.69, 9.17) is 0 Å². The molecule has 0 aliphatic carbocycles. The van der Waals surface area contributed by atoms with Crippen LogP contribution in [0.5, 0.6) is 0 Å². The van der Waals surface area contributed by atoms with Gasteiger partial charge in [0.05, 0.1) is 0 Å². The van der Waals surface area contributed by atoms with E-state index in [0.29, 0.717) is 0 Å². The van der Waals surface area contributed by atoms with Crippen molar-refractivity contribution in [2.24, 2.45) is 0 Å². The Morgan fingerprint density at radius 2 is 1.64 bits per heavy atom. The maximum absolute atomic E-state index is 12.4. The lowest BCUT2D eigenvalue weighted by molar-refractivity contribution is -0.125. The minimum Gasteiger partial charge on any atom is -0.294 e. The van der Waals surface area contributed by atoms with Gasteiger partial charge in [0.2, 0.25) is 0 Å². The molecule has 0 unspecified atom stereocenters. The normalized spacial score (nSPS) is 11.4. The van der Waals surface area contributed by atoms with Crippen LogP contribution in [-0.4, -0.2) is 12.0 Å². The second-order valence-corrected chi connectivity index (χ2v) is 2.72. The van der Waals surface area contributed by atoms with Crippen molar-refractivity contribution in [1.29, 1.82) is 0 Å². The van der Waals surface area contributed by atoms with E-state index in [1.54, 1.807) is 0 Å². The molecule has 5 heteroatoms. The predicted molar refractivity (Wildman–Crippen MR) is 41.4 cm³/mol. The maximum atomic E-state index is 12.4. The van der Waals surface area contributed by atoms with Crippen molar-refractivity contribution in [3.8, 4) is 0 Å². The molecule has 0 aliphatic rings. The highest BCUT2D eigenvalue weighted by Crippen LogP contribution is 2.22. The van der Waals surface area contributed by atoms with Gasteiger partial charge in [-0.2, -0.15) is 13.2 Å². The zero-order valence-electron chi connectivity index (χ0n) is 6.94. The first-order valence-electron chi connectivity index (χ1n) is 3.74. The summed E-state index contributed by atoms with van der Waals surface area (Å²) >= 11 is 0. The van der Waals surface area contributed by atoms with Gasteiger partial charge in [-0.25, -0.2) is 4.39 Å². The van der Waals surface area contributed by atoms with Crippen LogP contribution in [0, 0.1) is 5.82 Å². The van der Waals surface area contributed by atoms with Crippen LogP contribution in [0.3, 0.4) is 0 Å². The largest absolute Gasteiger partial charge is 0.396 e. The quantitative estimate of drug-likeness (QED) is 0.537. The monoisotopic (exact) mass is 206 g/mol. The number of Topliss-reactive ketones (excluding diaryl/α,β-unsaturated/α-hetero) is 1. The molecule has 1 aromatic carbocycles. The molecule has 0 atom stereocenters. The predicted octanol–water partition coefficient (Wildman–Crippen LogP) is 2.96. The van der Waals surface area contributed by atoms with Crippen LogP contribution in [-0.2, 0) is 0 Å². The minimum atomic E-state index is -4.52. The fraction of sp³-hybridized carbons (Fsp3) is 0.222. The molecule has 1 aromatic rings. The van der Waals surface area contributed by atoms with Crippen molar-refractivity contribution in [2.45, 2.75) is 12.6 Å². The van der Waals surface area contributed by atoms with Crippen LogP contribution >= 0.6 is 0 Å². The summed E-state index contributed by atoms with van der Waals surface area (Å²) in [5, 5.41) is 0. The Kier molecular flexibility index (Phi) is 2.88. The summed E-state index contributed by atoms with van der Waals surface area (Å²) in [6, 6.07) is 3.96. The van der Waals surface area contributed by atoms with Crippen molar-refractivity contribution in [3.63, 3.8) is 0 Å². The fourth-order valence-corrected chi connectivity index (χ4v) is 0.920. The van der Waals surface area contributed by atoms with E-state index in [0.717, 1.165) is 24.3 Å². The molecule has 0 saturated heterocycles. The lowest BCUT2D eigenvalue weighted by Crippen LogP contribution is -2.14. The maximum Gasteiger partial charge on any atom is 0.396 e. The highest BCUT2D eigenvalue weighted by atomic mass is 19.4. The van der Waals surface area contributed by atoms with E-state index in [9.17, 15) is 22.4 Å². The highest BCUT2D eigenvalue weighted by Gasteiger charge is 2.31. The summed E-state index contributed by atoms with van der Waals surface area (Å²) in [5.41, 5.74) is -0.135. The summed E-state index contributed by atoms with van der Waals surface area (Å²) in [6.45, 7) is 0. The van der Waals surface area contributed by atoms with Gasteiger partial charge < -0.3 is 0 Å². The number of ketones is 1. The van der Waals surface area contributed by atoms with E-state index < -0.39 is 24.2 Å². The molecule has 0 N–H and O–H groups in total. The van der Waals surface area contributed by atoms with Crippen LogP contribution in [0.2, 0.25) is 0 Å². The summed E-state index contributed by atoms with van der Waals surface area (Å²) < 4.78 is 47.7. The van der Waals surface area contributed by atoms with Gasteiger partial charge in [0.1, 0.15) is 12.2 Å².